The molecule has 0 aromatic heterocycles. The minimum atomic E-state index is -3.15. The Bertz CT molecular complexity index is 1060. The Kier molecular flexibility index (Phi) is 11.8. The predicted molar refractivity (Wildman–Crippen MR) is 137 cm³/mol. The van der Waals surface area contributed by atoms with E-state index in [-0.39, 0.29) is 12.4 Å². The molecule has 0 bridgehead atoms. The number of nitrogens with two attached hydrogens (primary N) is 1. The van der Waals surface area contributed by atoms with E-state index < -0.39 is 24.3 Å². The van der Waals surface area contributed by atoms with Gasteiger partial charge in [0.1, 0.15) is 11.5 Å². The fraction of sp³-hybridized carbons (Fsp3) is 0.429. The highest BCUT2D eigenvalue weighted by Crippen LogP contribution is 2.19. The molecule has 2 aromatic carbocycles. The zero-order chi connectivity index (χ0) is 24.6. The van der Waals surface area contributed by atoms with E-state index in [1.54, 1.807) is 6.07 Å². The molecule has 0 spiro atoms. The maximum absolute atomic E-state index is 10.9. The third-order valence-corrected chi connectivity index (χ3v) is 5.88. The third-order valence-electron chi connectivity index (χ3n) is 5.15. The van der Waals surface area contributed by atoms with Gasteiger partial charge in [0.25, 0.3) is 0 Å². The van der Waals surface area contributed by atoms with Crippen LogP contribution in [-0.2, 0) is 32.5 Å². The van der Waals surface area contributed by atoms with E-state index in [0.717, 1.165) is 29.3 Å². The van der Waals surface area contributed by atoms with Crippen LogP contribution in [0.5, 0.6) is 11.5 Å². The van der Waals surface area contributed by atoms with Gasteiger partial charge in [0, 0.05) is 17.5 Å². The normalized spacial score (nSPS) is 13.9. The Morgan fingerprint density at radius 1 is 0.943 bits per heavy atom. The number of halogens is 1. The molecule has 0 saturated carbocycles. The molecule has 0 radical (unpaired) electrons. The van der Waals surface area contributed by atoms with Crippen molar-refractivity contribution >= 4 is 47.6 Å². The number of rotatable bonds is 10. The molecule has 192 valence electrons. The van der Waals surface area contributed by atoms with Gasteiger partial charge in [-0.15, -0.1) is 12.4 Å². The van der Waals surface area contributed by atoms with E-state index in [1.165, 1.54) is 0 Å². The molecule has 0 fully saturated rings. The van der Waals surface area contributed by atoms with Gasteiger partial charge in [-0.2, -0.15) is 0 Å². The van der Waals surface area contributed by atoms with Crippen molar-refractivity contribution < 1.29 is 37.2 Å². The molecule has 0 aliphatic carbocycles. The molecule has 4 rings (SSSR count). The van der Waals surface area contributed by atoms with E-state index >= 15 is 0 Å². The van der Waals surface area contributed by atoms with E-state index in [9.17, 15) is 18.5 Å². The third kappa shape index (κ3) is 8.65. The SMILES string of the molecule is CS(=O)(=O)NCCCOc1cccc2c1B(O)OC2.Cl.NCCCOc1cccc2c1B(O)OC2. The molecule has 35 heavy (non-hydrogen) atoms. The summed E-state index contributed by atoms with van der Waals surface area (Å²) in [6.45, 7) is 2.69. The van der Waals surface area contributed by atoms with Crippen LogP contribution in [0.4, 0.5) is 0 Å². The average Bonchev–Trinajstić information content (AvgIpc) is 3.37. The summed E-state index contributed by atoms with van der Waals surface area (Å²) in [6.07, 6.45) is 2.47. The van der Waals surface area contributed by atoms with E-state index in [0.29, 0.717) is 62.9 Å². The summed E-state index contributed by atoms with van der Waals surface area (Å²) >= 11 is 0. The van der Waals surface area contributed by atoms with Crippen molar-refractivity contribution in [3.8, 4) is 11.5 Å². The van der Waals surface area contributed by atoms with Gasteiger partial charge in [0.15, 0.2) is 0 Å². The van der Waals surface area contributed by atoms with Crippen LogP contribution in [0.25, 0.3) is 0 Å². The molecule has 2 heterocycles. The zero-order valence-electron chi connectivity index (χ0n) is 19.5. The van der Waals surface area contributed by atoms with Gasteiger partial charge in [-0.05, 0) is 42.6 Å². The summed E-state index contributed by atoms with van der Waals surface area (Å²) in [5.74, 6) is 1.29. The van der Waals surface area contributed by atoms with Crippen LogP contribution in [0.2, 0.25) is 0 Å². The molecule has 10 nitrogen and oxygen atoms in total. The summed E-state index contributed by atoms with van der Waals surface area (Å²) in [5.41, 5.74) is 8.71. The quantitative estimate of drug-likeness (QED) is 0.231. The van der Waals surface area contributed by atoms with Crippen molar-refractivity contribution in [3.63, 3.8) is 0 Å². The van der Waals surface area contributed by atoms with Crippen molar-refractivity contribution in [1.82, 2.24) is 4.72 Å². The van der Waals surface area contributed by atoms with Crippen LogP contribution >= 0.6 is 12.4 Å². The minimum absolute atomic E-state index is 0. The Morgan fingerprint density at radius 3 is 1.89 bits per heavy atom. The molecular formula is C21H31B2ClN2O8S. The zero-order valence-corrected chi connectivity index (χ0v) is 21.1. The molecule has 0 saturated heterocycles. The van der Waals surface area contributed by atoms with Crippen molar-refractivity contribution in [2.45, 2.75) is 26.1 Å². The van der Waals surface area contributed by atoms with Crippen LogP contribution in [0.3, 0.4) is 0 Å². The highest BCUT2D eigenvalue weighted by molar-refractivity contribution is 7.88. The Balaban J connectivity index is 0.000000246. The molecule has 2 aliphatic rings. The van der Waals surface area contributed by atoms with Crippen LogP contribution < -0.4 is 30.9 Å². The largest absolute Gasteiger partial charge is 0.495 e. The molecule has 2 aromatic rings. The molecule has 0 atom stereocenters. The van der Waals surface area contributed by atoms with Gasteiger partial charge in [-0.1, -0.05) is 24.3 Å². The lowest BCUT2D eigenvalue weighted by molar-refractivity contribution is 0.274. The average molecular weight is 529 g/mol. The van der Waals surface area contributed by atoms with E-state index in [2.05, 4.69) is 4.72 Å². The predicted octanol–water partition coefficient (Wildman–Crippen LogP) is -0.724. The van der Waals surface area contributed by atoms with Crippen LogP contribution in [0.1, 0.15) is 24.0 Å². The van der Waals surface area contributed by atoms with E-state index in [4.69, 9.17) is 24.5 Å². The summed E-state index contributed by atoms with van der Waals surface area (Å²) < 4.78 is 45.4. The number of fused-ring (bicyclic) bond motifs is 2. The van der Waals surface area contributed by atoms with Crippen molar-refractivity contribution in [3.05, 3.63) is 47.5 Å². The summed E-state index contributed by atoms with van der Waals surface area (Å²) in [4.78, 5) is 0. The van der Waals surface area contributed by atoms with Crippen LogP contribution in [0.15, 0.2) is 36.4 Å². The first-order valence-corrected chi connectivity index (χ1v) is 12.9. The van der Waals surface area contributed by atoms with Crippen molar-refractivity contribution in [1.29, 1.82) is 0 Å². The number of hydrogen-bond acceptors (Lipinski definition) is 9. The first-order valence-electron chi connectivity index (χ1n) is 11.0. The second-order valence-corrected chi connectivity index (χ2v) is 9.68. The number of ether oxygens (including phenoxy) is 2. The van der Waals surface area contributed by atoms with Crippen LogP contribution in [-0.4, -0.2) is 65.3 Å². The lowest BCUT2D eigenvalue weighted by Crippen LogP contribution is -2.30. The van der Waals surface area contributed by atoms with Crippen LogP contribution in [0, 0.1) is 0 Å². The van der Waals surface area contributed by atoms with Gasteiger partial charge >= 0.3 is 14.2 Å². The topological polar surface area (TPSA) is 150 Å². The smallest absolute Gasteiger partial charge is 0.494 e. The number of sulfonamides is 1. The lowest BCUT2D eigenvalue weighted by Gasteiger charge is -2.10. The maximum atomic E-state index is 10.9. The number of nitrogens with one attached hydrogen (secondary N) is 1. The van der Waals surface area contributed by atoms with Gasteiger partial charge < -0.3 is 34.6 Å². The van der Waals surface area contributed by atoms with Gasteiger partial charge in [-0.3, -0.25) is 0 Å². The van der Waals surface area contributed by atoms with Crippen molar-refractivity contribution in [2.75, 3.05) is 32.6 Å². The molecule has 2 aliphatic heterocycles. The summed E-state index contributed by atoms with van der Waals surface area (Å²) in [6, 6.07) is 11.2. The second kappa shape index (κ2) is 14.0. The maximum Gasteiger partial charge on any atom is 0.495 e. The van der Waals surface area contributed by atoms with E-state index in [1.807, 2.05) is 30.3 Å². The summed E-state index contributed by atoms with van der Waals surface area (Å²) in [5, 5.41) is 19.3. The lowest BCUT2D eigenvalue weighted by atomic mass is 9.79. The first kappa shape index (κ1) is 29.4. The highest BCUT2D eigenvalue weighted by atomic mass is 35.5. The minimum Gasteiger partial charge on any atom is -0.494 e. The standard InChI is InChI=1S/C11H16BNO5S.C10H14BNO3.ClH/c1-19(15,16)13-6-3-7-17-10-5-2-4-9-8-18-12(14)11(9)10;12-5-2-6-14-9-4-1-3-8-7-15-11(13)10(8)9;/h2,4-5,13-14H,3,6-8H2,1H3;1,3-4,13H,2,5-7,12H2;1H. The molecule has 0 amide bonds. The summed E-state index contributed by atoms with van der Waals surface area (Å²) in [7, 11) is -4.95. The fourth-order valence-corrected chi connectivity index (χ4v) is 4.04. The van der Waals surface area contributed by atoms with Crippen molar-refractivity contribution in [2.24, 2.45) is 5.73 Å². The number of benzene rings is 2. The molecule has 5 N–H and O–H groups in total. The van der Waals surface area contributed by atoms with Gasteiger partial charge in [0.05, 0.1) is 32.7 Å². The monoisotopic (exact) mass is 528 g/mol. The second-order valence-electron chi connectivity index (χ2n) is 7.84. The van der Waals surface area contributed by atoms with Gasteiger partial charge in [0.2, 0.25) is 10.0 Å². The Hall–Kier alpha value is -1.83. The molecule has 14 heteroatoms. The fourth-order valence-electron chi connectivity index (χ4n) is 3.52. The number of hydrogen-bond donors (Lipinski definition) is 4. The Morgan fingerprint density at radius 2 is 1.43 bits per heavy atom. The Labute approximate surface area is 212 Å². The molecular weight excluding hydrogens is 497 g/mol. The van der Waals surface area contributed by atoms with Gasteiger partial charge in [-0.25, -0.2) is 13.1 Å². The first-order chi connectivity index (χ1) is 16.3. The molecule has 0 unspecified atom stereocenters. The highest BCUT2D eigenvalue weighted by Gasteiger charge is 2.31.